The summed E-state index contributed by atoms with van der Waals surface area (Å²) in [6.07, 6.45) is 11.1. The lowest BCUT2D eigenvalue weighted by Gasteiger charge is -1.99. The molecule has 0 bridgehead atoms. The lowest BCUT2D eigenvalue weighted by molar-refractivity contribution is -0.137. The van der Waals surface area contributed by atoms with Gasteiger partial charge >= 0.3 is 5.97 Å². The molecule has 0 fully saturated rings. The van der Waals surface area contributed by atoms with Crippen LogP contribution in [-0.2, 0) is 4.79 Å². The molecular weight excluding hydrogens is 258 g/mol. The molecule has 1 rings (SSSR count). The molecule has 112 valence electrons. The molecule has 0 amide bonds. The third-order valence-electron chi connectivity index (χ3n) is 3.12. The number of carboxylic acids is 1. The van der Waals surface area contributed by atoms with Crippen molar-refractivity contribution in [2.75, 3.05) is 0 Å². The van der Waals surface area contributed by atoms with Gasteiger partial charge in [0, 0.05) is 18.1 Å². The fourth-order valence-electron chi connectivity index (χ4n) is 2.03. The van der Waals surface area contributed by atoms with Crippen molar-refractivity contribution in [1.82, 2.24) is 4.98 Å². The van der Waals surface area contributed by atoms with Crippen LogP contribution in [0, 0.1) is 0 Å². The molecule has 20 heavy (non-hydrogen) atoms. The van der Waals surface area contributed by atoms with Crippen LogP contribution in [0.2, 0.25) is 0 Å². The zero-order chi connectivity index (χ0) is 14.8. The highest BCUT2D eigenvalue weighted by molar-refractivity contribution is 5.66. The maximum Gasteiger partial charge on any atom is 0.303 e. The van der Waals surface area contributed by atoms with Crippen LogP contribution in [0.4, 0.5) is 0 Å². The Hall–Kier alpha value is -1.91. The van der Waals surface area contributed by atoms with Crippen LogP contribution in [0.1, 0.15) is 56.9 Å². The first kappa shape index (κ1) is 16.1. The van der Waals surface area contributed by atoms with E-state index in [1.165, 1.54) is 6.07 Å². The summed E-state index contributed by atoms with van der Waals surface area (Å²) in [6.45, 7) is 0. The van der Waals surface area contributed by atoms with E-state index in [2.05, 4.69) is 4.98 Å². The second kappa shape index (κ2) is 9.07. The lowest BCUT2D eigenvalue weighted by Crippen LogP contribution is -1.93. The van der Waals surface area contributed by atoms with Gasteiger partial charge in [-0.2, -0.15) is 0 Å². The van der Waals surface area contributed by atoms with Crippen molar-refractivity contribution >= 4 is 12.0 Å². The van der Waals surface area contributed by atoms with Gasteiger partial charge in [-0.1, -0.05) is 37.8 Å². The van der Waals surface area contributed by atoms with Crippen LogP contribution < -0.4 is 0 Å². The summed E-state index contributed by atoms with van der Waals surface area (Å²) in [5.41, 5.74) is 0.594. The van der Waals surface area contributed by atoms with Gasteiger partial charge in [0.1, 0.15) is 0 Å². The van der Waals surface area contributed by atoms with Gasteiger partial charge in [-0.3, -0.25) is 9.78 Å². The lowest BCUT2D eigenvalue weighted by atomic mass is 10.1. The Kier molecular flexibility index (Phi) is 7.32. The van der Waals surface area contributed by atoms with Gasteiger partial charge in [-0.05, 0) is 19.3 Å². The number of carbonyl (C=O) groups is 1. The van der Waals surface area contributed by atoms with Crippen molar-refractivity contribution in [2.45, 2.75) is 51.4 Å². The number of unbranched alkanes of at least 4 members (excludes halogenated alkanes) is 6. The molecule has 5 heteroatoms. The molecule has 0 saturated carbocycles. The molecule has 0 aliphatic heterocycles. The topological polar surface area (TPSA) is 93.5 Å². The van der Waals surface area contributed by atoms with Gasteiger partial charge in [0.15, 0.2) is 11.8 Å². The second-order valence-corrected chi connectivity index (χ2v) is 4.91. The summed E-state index contributed by atoms with van der Waals surface area (Å²) in [7, 11) is 0. The van der Waals surface area contributed by atoms with Crippen molar-refractivity contribution in [3.8, 4) is 11.8 Å². The first-order valence-corrected chi connectivity index (χ1v) is 7.09. The largest absolute Gasteiger partial charge is 0.494 e. The summed E-state index contributed by atoms with van der Waals surface area (Å²) in [5, 5.41) is 27.0. The molecule has 0 atom stereocenters. The summed E-state index contributed by atoms with van der Waals surface area (Å²) in [6, 6.07) is 1.48. The number of hydrogen-bond acceptors (Lipinski definition) is 3. The highest BCUT2D eigenvalue weighted by atomic mass is 16.4. The Labute approximate surface area is 119 Å². The monoisotopic (exact) mass is 281 g/mol. The van der Waals surface area contributed by atoms with Crippen LogP contribution in [0.25, 0.3) is 6.08 Å². The first-order chi connectivity index (χ1) is 9.59. The van der Waals surface area contributed by atoms with E-state index in [1.807, 2.05) is 6.08 Å². The molecule has 0 unspecified atom stereocenters. The maximum atomic E-state index is 10.3. The predicted octanol–water partition coefficient (Wildman–Crippen LogP) is 3.64. The van der Waals surface area contributed by atoms with Crippen molar-refractivity contribution < 1.29 is 20.1 Å². The van der Waals surface area contributed by atoms with Gasteiger partial charge in [-0.25, -0.2) is 0 Å². The van der Waals surface area contributed by atoms with E-state index in [0.717, 1.165) is 44.9 Å². The minimum Gasteiger partial charge on any atom is -0.494 e. The molecular formula is C15H23NO4. The highest BCUT2D eigenvalue weighted by Crippen LogP contribution is 2.22. The number of rotatable bonds is 10. The molecule has 1 aromatic rings. The molecule has 5 nitrogen and oxygen atoms in total. The molecule has 0 aliphatic rings. The fraction of sp³-hybridized carbons (Fsp3) is 0.533. The average Bonchev–Trinajstić information content (AvgIpc) is 2.70. The first-order valence-electron chi connectivity index (χ1n) is 7.09. The van der Waals surface area contributed by atoms with Crippen LogP contribution in [-0.4, -0.2) is 26.3 Å². The van der Waals surface area contributed by atoms with E-state index in [0.29, 0.717) is 5.56 Å². The number of aromatic nitrogens is 1. The quantitative estimate of drug-likeness (QED) is 0.492. The van der Waals surface area contributed by atoms with Crippen molar-refractivity contribution in [1.29, 1.82) is 0 Å². The smallest absolute Gasteiger partial charge is 0.303 e. The van der Waals surface area contributed by atoms with E-state index in [-0.39, 0.29) is 18.2 Å². The molecule has 0 aromatic carbocycles. The molecule has 1 heterocycles. The number of nitrogens with one attached hydrogen (secondary N) is 1. The SMILES string of the molecule is O=C(O)CCCCCCCCC=Cc1cc(O)[nH]c1O. The normalized spacial score (nSPS) is 11.2. The van der Waals surface area contributed by atoms with E-state index >= 15 is 0 Å². The van der Waals surface area contributed by atoms with Crippen LogP contribution in [0.15, 0.2) is 12.1 Å². The van der Waals surface area contributed by atoms with Gasteiger partial charge in [-0.15, -0.1) is 0 Å². The number of H-pyrrole nitrogens is 1. The Morgan fingerprint density at radius 1 is 1.10 bits per heavy atom. The third-order valence-corrected chi connectivity index (χ3v) is 3.12. The van der Waals surface area contributed by atoms with E-state index < -0.39 is 5.97 Å². The van der Waals surface area contributed by atoms with Gasteiger partial charge < -0.3 is 15.3 Å². The number of hydrogen-bond donors (Lipinski definition) is 4. The fourth-order valence-corrected chi connectivity index (χ4v) is 2.03. The zero-order valence-electron chi connectivity index (χ0n) is 11.6. The predicted molar refractivity (Wildman–Crippen MR) is 77.7 cm³/mol. The minimum absolute atomic E-state index is 0.0165. The van der Waals surface area contributed by atoms with Crippen LogP contribution >= 0.6 is 0 Å². The van der Waals surface area contributed by atoms with E-state index in [1.54, 1.807) is 6.08 Å². The van der Waals surface area contributed by atoms with Crippen LogP contribution in [0.3, 0.4) is 0 Å². The summed E-state index contributed by atoms with van der Waals surface area (Å²) < 4.78 is 0. The molecule has 0 saturated heterocycles. The van der Waals surface area contributed by atoms with Gasteiger partial charge in [0.2, 0.25) is 0 Å². The Morgan fingerprint density at radius 2 is 1.75 bits per heavy atom. The number of allylic oxidation sites excluding steroid dienone is 1. The minimum atomic E-state index is -0.714. The van der Waals surface area contributed by atoms with Crippen molar-refractivity contribution in [2.24, 2.45) is 0 Å². The average molecular weight is 281 g/mol. The summed E-state index contributed by atoms with van der Waals surface area (Å²) >= 11 is 0. The molecule has 0 spiro atoms. The number of aromatic hydroxyl groups is 2. The summed E-state index contributed by atoms with van der Waals surface area (Å²) in [4.78, 5) is 12.7. The Bertz CT molecular complexity index is 437. The Morgan fingerprint density at radius 3 is 2.35 bits per heavy atom. The molecule has 4 N–H and O–H groups in total. The van der Waals surface area contributed by atoms with Crippen molar-refractivity contribution in [3.05, 3.63) is 17.7 Å². The molecule has 0 aliphatic carbocycles. The van der Waals surface area contributed by atoms with Gasteiger partial charge in [0.05, 0.1) is 0 Å². The van der Waals surface area contributed by atoms with Crippen LogP contribution in [0.5, 0.6) is 11.8 Å². The standard InChI is InChI=1S/C15H23NO4/c17-13-11-12(15(20)16-13)9-7-5-3-1-2-4-6-8-10-14(18)19/h7,9,11,16-17,20H,1-6,8,10H2,(H,18,19). The second-order valence-electron chi connectivity index (χ2n) is 4.91. The van der Waals surface area contributed by atoms with E-state index in [9.17, 15) is 9.90 Å². The third kappa shape index (κ3) is 6.87. The Balaban J connectivity index is 1.99. The maximum absolute atomic E-state index is 10.3. The molecule has 0 radical (unpaired) electrons. The van der Waals surface area contributed by atoms with E-state index in [4.69, 9.17) is 10.2 Å². The zero-order valence-corrected chi connectivity index (χ0v) is 11.6. The highest BCUT2D eigenvalue weighted by Gasteiger charge is 2.01. The van der Waals surface area contributed by atoms with Crippen molar-refractivity contribution in [3.63, 3.8) is 0 Å². The number of aliphatic carboxylic acids is 1. The summed E-state index contributed by atoms with van der Waals surface area (Å²) in [5.74, 6) is -0.769. The number of aromatic amines is 1. The van der Waals surface area contributed by atoms with Gasteiger partial charge in [0.25, 0.3) is 0 Å². The molecule has 1 aromatic heterocycles. The number of carboxylic acid groups (broad SMARTS) is 1.